The van der Waals surface area contributed by atoms with E-state index in [0.717, 1.165) is 60.3 Å². The van der Waals surface area contributed by atoms with Crippen LogP contribution < -0.4 is 0 Å². The highest BCUT2D eigenvalue weighted by Crippen LogP contribution is 2.30. The fourth-order valence-electron chi connectivity index (χ4n) is 3.95. The van der Waals surface area contributed by atoms with Gasteiger partial charge in [-0.05, 0) is 25.0 Å². The predicted octanol–water partition coefficient (Wildman–Crippen LogP) is 3.70. The SMILES string of the molecule is O=C(CCc1nc2ccccc2s1)N1CCc2oc(C3CCOCC3)nc2C1. The summed E-state index contributed by atoms with van der Waals surface area (Å²) < 4.78 is 12.6. The van der Waals surface area contributed by atoms with Gasteiger partial charge in [0.25, 0.3) is 0 Å². The van der Waals surface area contributed by atoms with Gasteiger partial charge in [-0.1, -0.05) is 12.1 Å². The van der Waals surface area contributed by atoms with E-state index in [1.165, 1.54) is 4.70 Å². The summed E-state index contributed by atoms with van der Waals surface area (Å²) in [7, 11) is 0. The summed E-state index contributed by atoms with van der Waals surface area (Å²) in [5.74, 6) is 2.30. The first-order valence-corrected chi connectivity index (χ1v) is 10.8. The lowest BCUT2D eigenvalue weighted by atomic mass is 10.0. The van der Waals surface area contributed by atoms with Crippen LogP contribution in [-0.4, -0.2) is 40.5 Å². The third kappa shape index (κ3) is 3.56. The number of hydrogen-bond donors (Lipinski definition) is 0. The number of benzene rings is 1. The van der Waals surface area contributed by atoms with Crippen LogP contribution in [-0.2, 0) is 28.9 Å². The summed E-state index contributed by atoms with van der Waals surface area (Å²) in [5, 5.41) is 1.02. The van der Waals surface area contributed by atoms with E-state index >= 15 is 0 Å². The number of fused-ring (bicyclic) bond motifs is 2. The quantitative estimate of drug-likeness (QED) is 0.672. The first-order chi connectivity index (χ1) is 13.8. The zero-order valence-corrected chi connectivity index (χ0v) is 16.5. The molecule has 2 aliphatic rings. The number of para-hydroxylation sites is 1. The third-order valence-corrected chi connectivity index (χ3v) is 6.65. The minimum atomic E-state index is 0.167. The van der Waals surface area contributed by atoms with Crippen molar-refractivity contribution in [1.82, 2.24) is 14.9 Å². The molecule has 0 spiro atoms. The summed E-state index contributed by atoms with van der Waals surface area (Å²) in [6.45, 7) is 2.80. The highest BCUT2D eigenvalue weighted by molar-refractivity contribution is 7.18. The smallest absolute Gasteiger partial charge is 0.223 e. The number of nitrogens with zero attached hydrogens (tertiary/aromatic N) is 3. The van der Waals surface area contributed by atoms with Crippen LogP contribution in [0.25, 0.3) is 10.2 Å². The van der Waals surface area contributed by atoms with Gasteiger partial charge in [-0.25, -0.2) is 9.97 Å². The number of hydrogen-bond acceptors (Lipinski definition) is 6. The number of amides is 1. The molecule has 2 aromatic heterocycles. The molecule has 0 atom stereocenters. The summed E-state index contributed by atoms with van der Waals surface area (Å²) >= 11 is 1.67. The summed E-state index contributed by atoms with van der Waals surface area (Å²) in [6, 6.07) is 8.11. The lowest BCUT2D eigenvalue weighted by molar-refractivity contribution is -0.132. The molecular weight excluding hydrogens is 374 g/mol. The highest BCUT2D eigenvalue weighted by atomic mass is 32.1. The molecule has 28 heavy (non-hydrogen) atoms. The summed E-state index contributed by atoms with van der Waals surface area (Å²) in [5.41, 5.74) is 1.95. The number of ether oxygens (including phenoxy) is 1. The molecule has 5 rings (SSSR count). The average molecular weight is 398 g/mol. The number of carbonyl (C=O) groups is 1. The standard InChI is InChI=1S/C21H23N3O3S/c25-20(6-5-19-22-15-3-1-2-4-18(15)28-19)24-10-7-17-16(13-24)23-21(27-17)14-8-11-26-12-9-14/h1-4,14H,5-13H2. The predicted molar refractivity (Wildman–Crippen MR) is 106 cm³/mol. The van der Waals surface area contributed by atoms with E-state index in [0.29, 0.717) is 31.8 Å². The van der Waals surface area contributed by atoms with Crippen molar-refractivity contribution >= 4 is 27.5 Å². The van der Waals surface area contributed by atoms with Gasteiger partial charge in [0.05, 0.1) is 21.8 Å². The lowest BCUT2D eigenvalue weighted by Gasteiger charge is -2.25. The summed E-state index contributed by atoms with van der Waals surface area (Å²) in [6.07, 6.45) is 3.85. The topological polar surface area (TPSA) is 68.5 Å². The minimum Gasteiger partial charge on any atom is -0.445 e. The minimum absolute atomic E-state index is 0.167. The van der Waals surface area contributed by atoms with Gasteiger partial charge < -0.3 is 14.1 Å². The number of carbonyl (C=O) groups excluding carboxylic acids is 1. The Morgan fingerprint density at radius 3 is 2.93 bits per heavy atom. The molecule has 0 N–H and O–H groups in total. The number of oxazole rings is 1. The Hall–Kier alpha value is -2.25. The molecule has 0 saturated carbocycles. The Morgan fingerprint density at radius 2 is 2.07 bits per heavy atom. The van der Waals surface area contributed by atoms with Gasteiger partial charge in [-0.2, -0.15) is 0 Å². The fourth-order valence-corrected chi connectivity index (χ4v) is 4.92. The van der Waals surface area contributed by atoms with Crippen LogP contribution >= 0.6 is 11.3 Å². The van der Waals surface area contributed by atoms with Crippen LogP contribution in [0, 0.1) is 0 Å². The molecule has 4 heterocycles. The molecule has 0 bridgehead atoms. The molecule has 0 aliphatic carbocycles. The number of thiazole rings is 1. The maximum atomic E-state index is 12.7. The van der Waals surface area contributed by atoms with Crippen molar-refractivity contribution in [3.05, 3.63) is 46.6 Å². The van der Waals surface area contributed by atoms with Crippen molar-refractivity contribution in [3.63, 3.8) is 0 Å². The van der Waals surface area contributed by atoms with E-state index in [2.05, 4.69) is 11.1 Å². The molecule has 1 fully saturated rings. The van der Waals surface area contributed by atoms with Crippen molar-refractivity contribution < 1.29 is 13.9 Å². The zero-order valence-electron chi connectivity index (χ0n) is 15.7. The van der Waals surface area contributed by atoms with E-state index in [4.69, 9.17) is 14.1 Å². The van der Waals surface area contributed by atoms with Crippen molar-refractivity contribution in [3.8, 4) is 0 Å². The molecule has 3 aromatic rings. The number of aryl methyl sites for hydroxylation is 1. The van der Waals surface area contributed by atoms with Crippen LogP contribution in [0.1, 0.15) is 47.5 Å². The average Bonchev–Trinajstić information content (AvgIpc) is 3.35. The second-order valence-corrected chi connectivity index (χ2v) is 8.56. The molecule has 1 aromatic carbocycles. The Bertz CT molecular complexity index is 957. The van der Waals surface area contributed by atoms with Crippen molar-refractivity contribution in [1.29, 1.82) is 0 Å². The van der Waals surface area contributed by atoms with Gasteiger partial charge in [0.2, 0.25) is 5.91 Å². The van der Waals surface area contributed by atoms with Gasteiger partial charge in [0, 0.05) is 44.9 Å². The van der Waals surface area contributed by atoms with Crippen LogP contribution in [0.3, 0.4) is 0 Å². The van der Waals surface area contributed by atoms with E-state index in [1.54, 1.807) is 11.3 Å². The molecule has 0 unspecified atom stereocenters. The van der Waals surface area contributed by atoms with Gasteiger partial charge in [0.15, 0.2) is 5.89 Å². The van der Waals surface area contributed by atoms with Gasteiger partial charge in [-0.3, -0.25) is 4.79 Å². The lowest BCUT2D eigenvalue weighted by Crippen LogP contribution is -2.35. The summed E-state index contributed by atoms with van der Waals surface area (Å²) in [4.78, 5) is 24.0. The van der Waals surface area contributed by atoms with E-state index in [9.17, 15) is 4.79 Å². The third-order valence-electron chi connectivity index (χ3n) is 5.56. The van der Waals surface area contributed by atoms with Crippen molar-refractivity contribution in [2.24, 2.45) is 0 Å². The Labute approximate surface area is 167 Å². The first kappa shape index (κ1) is 17.8. The van der Waals surface area contributed by atoms with Crippen LogP contribution in [0.15, 0.2) is 28.7 Å². The maximum absolute atomic E-state index is 12.7. The zero-order chi connectivity index (χ0) is 18.9. The normalized spacial score (nSPS) is 17.8. The second-order valence-electron chi connectivity index (χ2n) is 7.45. The second kappa shape index (κ2) is 7.64. The van der Waals surface area contributed by atoms with Crippen LogP contribution in [0.5, 0.6) is 0 Å². The van der Waals surface area contributed by atoms with Gasteiger partial charge in [0.1, 0.15) is 11.5 Å². The monoisotopic (exact) mass is 397 g/mol. The van der Waals surface area contributed by atoms with Gasteiger partial charge >= 0.3 is 0 Å². The maximum Gasteiger partial charge on any atom is 0.223 e. The van der Waals surface area contributed by atoms with Crippen molar-refractivity contribution in [2.45, 2.75) is 44.6 Å². The molecule has 7 heteroatoms. The van der Waals surface area contributed by atoms with E-state index in [1.807, 2.05) is 23.1 Å². The Balaban J connectivity index is 1.21. The van der Waals surface area contributed by atoms with E-state index < -0.39 is 0 Å². The molecule has 2 aliphatic heterocycles. The van der Waals surface area contributed by atoms with E-state index in [-0.39, 0.29) is 5.91 Å². The molecule has 1 amide bonds. The molecular formula is C21H23N3O3S. The number of aromatic nitrogens is 2. The fraction of sp³-hybridized carbons (Fsp3) is 0.476. The first-order valence-electron chi connectivity index (χ1n) is 9.95. The molecule has 1 saturated heterocycles. The molecule has 6 nitrogen and oxygen atoms in total. The van der Waals surface area contributed by atoms with Crippen LogP contribution in [0.4, 0.5) is 0 Å². The van der Waals surface area contributed by atoms with Crippen molar-refractivity contribution in [2.75, 3.05) is 19.8 Å². The van der Waals surface area contributed by atoms with Crippen LogP contribution in [0.2, 0.25) is 0 Å². The largest absolute Gasteiger partial charge is 0.445 e. The van der Waals surface area contributed by atoms with Gasteiger partial charge in [-0.15, -0.1) is 11.3 Å². The Kier molecular flexibility index (Phi) is 4.86. The Morgan fingerprint density at radius 1 is 1.21 bits per heavy atom. The number of rotatable bonds is 4. The molecule has 146 valence electrons. The molecule has 0 radical (unpaired) electrons. The highest BCUT2D eigenvalue weighted by Gasteiger charge is 2.28.